The second-order valence-corrected chi connectivity index (χ2v) is 7.86. The van der Waals surface area contributed by atoms with Gasteiger partial charge in [0.2, 0.25) is 0 Å². The van der Waals surface area contributed by atoms with Crippen LogP contribution in [0.3, 0.4) is 0 Å². The maximum absolute atomic E-state index is 12.0. The fourth-order valence-electron chi connectivity index (χ4n) is 3.51. The Balaban J connectivity index is 3.58. The molecule has 27 heavy (non-hydrogen) atoms. The lowest BCUT2D eigenvalue weighted by atomic mass is 10.0. The Hall–Kier alpha value is -0.570. The summed E-state index contributed by atoms with van der Waals surface area (Å²) in [6.07, 6.45) is 17.6. The first kappa shape index (κ1) is 26.4. The average Bonchev–Trinajstić information content (AvgIpc) is 2.68. The van der Waals surface area contributed by atoms with Crippen LogP contribution in [0.4, 0.5) is 0 Å². The smallest absolute Gasteiger partial charge is 0.306 e. The Morgan fingerprint density at radius 3 is 1.89 bits per heavy atom. The van der Waals surface area contributed by atoms with Crippen molar-refractivity contribution in [3.63, 3.8) is 0 Å². The van der Waals surface area contributed by atoms with Gasteiger partial charge in [-0.05, 0) is 58.7 Å². The van der Waals surface area contributed by atoms with E-state index < -0.39 is 0 Å². The van der Waals surface area contributed by atoms with Gasteiger partial charge in [-0.15, -0.1) is 0 Å². The van der Waals surface area contributed by atoms with Crippen molar-refractivity contribution < 1.29 is 9.53 Å². The van der Waals surface area contributed by atoms with E-state index in [1.54, 1.807) is 0 Å². The van der Waals surface area contributed by atoms with Gasteiger partial charge >= 0.3 is 5.97 Å². The number of hydrogen-bond acceptors (Lipinski definition) is 3. The van der Waals surface area contributed by atoms with E-state index >= 15 is 0 Å². The fourth-order valence-corrected chi connectivity index (χ4v) is 3.51. The number of ether oxygens (including phenoxy) is 1. The molecule has 0 aliphatic heterocycles. The standard InChI is InChI=1S/C24H48NO2/c1-5-9-10-11-12-13-14-15-16-17-20-23(6-2)27-24(26)21-18-19-22-25(7-3)8-4/h23H,2,5-22H2,1,3-4H3. The van der Waals surface area contributed by atoms with E-state index in [2.05, 4.69) is 32.6 Å². The van der Waals surface area contributed by atoms with Crippen LogP contribution in [0, 0.1) is 6.92 Å². The predicted molar refractivity (Wildman–Crippen MR) is 118 cm³/mol. The zero-order valence-corrected chi connectivity index (χ0v) is 18.8. The molecule has 0 N–H and O–H groups in total. The number of carbonyl (C=O) groups excluding carboxylic acids is 1. The zero-order chi connectivity index (χ0) is 20.2. The summed E-state index contributed by atoms with van der Waals surface area (Å²) in [6.45, 7) is 13.9. The third kappa shape index (κ3) is 17.3. The minimum absolute atomic E-state index is 0.0225. The number of esters is 1. The molecule has 0 bridgehead atoms. The number of rotatable bonds is 20. The molecule has 0 saturated heterocycles. The normalized spacial score (nSPS) is 12.5. The van der Waals surface area contributed by atoms with Crippen molar-refractivity contribution in [1.29, 1.82) is 0 Å². The highest BCUT2D eigenvalue weighted by atomic mass is 16.5. The Bertz CT molecular complexity index is 316. The summed E-state index contributed by atoms with van der Waals surface area (Å²) in [4.78, 5) is 14.4. The van der Waals surface area contributed by atoms with Gasteiger partial charge in [-0.3, -0.25) is 4.79 Å². The van der Waals surface area contributed by atoms with E-state index in [-0.39, 0.29) is 12.1 Å². The summed E-state index contributed by atoms with van der Waals surface area (Å²) in [5.41, 5.74) is 0. The summed E-state index contributed by atoms with van der Waals surface area (Å²) >= 11 is 0. The molecule has 0 fully saturated rings. The predicted octanol–water partition coefficient (Wildman–Crippen LogP) is 6.95. The zero-order valence-electron chi connectivity index (χ0n) is 18.8. The summed E-state index contributed by atoms with van der Waals surface area (Å²) in [5, 5.41) is 0. The molecule has 3 nitrogen and oxygen atoms in total. The largest absolute Gasteiger partial charge is 0.462 e. The third-order valence-corrected chi connectivity index (χ3v) is 5.50. The van der Waals surface area contributed by atoms with Gasteiger partial charge in [-0.25, -0.2) is 0 Å². The molecular formula is C24H48NO2. The van der Waals surface area contributed by atoms with Crippen molar-refractivity contribution in [3.05, 3.63) is 6.92 Å². The molecule has 0 aliphatic rings. The van der Waals surface area contributed by atoms with Crippen LogP contribution in [0.1, 0.15) is 117 Å². The molecule has 1 atom stereocenters. The second-order valence-electron chi connectivity index (χ2n) is 7.86. The summed E-state index contributed by atoms with van der Waals surface area (Å²) in [6, 6.07) is 0. The molecule has 161 valence electrons. The van der Waals surface area contributed by atoms with Gasteiger partial charge in [0.15, 0.2) is 0 Å². The van der Waals surface area contributed by atoms with Crippen molar-refractivity contribution in [3.8, 4) is 0 Å². The van der Waals surface area contributed by atoms with Gasteiger partial charge in [0.1, 0.15) is 6.10 Å². The highest BCUT2D eigenvalue weighted by Gasteiger charge is 2.12. The molecule has 0 aromatic rings. The summed E-state index contributed by atoms with van der Waals surface area (Å²) < 4.78 is 5.63. The lowest BCUT2D eigenvalue weighted by Crippen LogP contribution is -2.24. The minimum atomic E-state index is -0.0322. The SMILES string of the molecule is [CH2]CC(CCCCCCCCCCCC)OC(=O)CCCCN(CC)CC. The molecule has 3 heteroatoms. The monoisotopic (exact) mass is 382 g/mol. The van der Waals surface area contributed by atoms with Crippen LogP contribution >= 0.6 is 0 Å². The van der Waals surface area contributed by atoms with Gasteiger partial charge in [0.05, 0.1) is 0 Å². The van der Waals surface area contributed by atoms with Crippen LogP contribution < -0.4 is 0 Å². The maximum atomic E-state index is 12.0. The lowest BCUT2D eigenvalue weighted by molar-refractivity contribution is -0.149. The van der Waals surface area contributed by atoms with Crippen LogP contribution in [-0.2, 0) is 9.53 Å². The lowest BCUT2D eigenvalue weighted by Gasteiger charge is -2.18. The highest BCUT2D eigenvalue weighted by Crippen LogP contribution is 2.15. The molecule has 0 aromatic carbocycles. The minimum Gasteiger partial charge on any atom is -0.462 e. The van der Waals surface area contributed by atoms with Gasteiger partial charge in [0.25, 0.3) is 0 Å². The van der Waals surface area contributed by atoms with Crippen LogP contribution in [0.15, 0.2) is 0 Å². The maximum Gasteiger partial charge on any atom is 0.306 e. The molecule has 0 heterocycles. The van der Waals surface area contributed by atoms with E-state index in [4.69, 9.17) is 4.74 Å². The van der Waals surface area contributed by atoms with Crippen molar-refractivity contribution >= 4 is 5.97 Å². The summed E-state index contributed by atoms with van der Waals surface area (Å²) in [7, 11) is 0. The van der Waals surface area contributed by atoms with Crippen LogP contribution in [0.25, 0.3) is 0 Å². The number of nitrogens with zero attached hydrogens (tertiary/aromatic N) is 1. The molecule has 0 rings (SSSR count). The molecule has 0 saturated carbocycles. The molecule has 0 aromatic heterocycles. The van der Waals surface area contributed by atoms with Crippen molar-refractivity contribution in [2.75, 3.05) is 19.6 Å². The fraction of sp³-hybridized carbons (Fsp3) is 0.917. The molecule has 0 amide bonds. The quantitative estimate of drug-likeness (QED) is 0.169. The Morgan fingerprint density at radius 1 is 0.815 bits per heavy atom. The molecule has 1 unspecified atom stereocenters. The van der Waals surface area contributed by atoms with Crippen LogP contribution in [0.5, 0.6) is 0 Å². The topological polar surface area (TPSA) is 29.5 Å². The van der Waals surface area contributed by atoms with Gasteiger partial charge in [-0.2, -0.15) is 0 Å². The van der Waals surface area contributed by atoms with E-state index in [0.717, 1.165) is 45.3 Å². The van der Waals surface area contributed by atoms with Gasteiger partial charge < -0.3 is 9.64 Å². The number of hydrogen-bond donors (Lipinski definition) is 0. The van der Waals surface area contributed by atoms with Gasteiger partial charge in [0, 0.05) is 6.42 Å². The molecular weight excluding hydrogens is 334 g/mol. The van der Waals surface area contributed by atoms with Crippen molar-refractivity contribution in [1.82, 2.24) is 4.90 Å². The summed E-state index contributed by atoms with van der Waals surface area (Å²) in [5.74, 6) is -0.0322. The van der Waals surface area contributed by atoms with E-state index in [9.17, 15) is 4.79 Å². The second kappa shape index (κ2) is 20.2. The molecule has 0 spiro atoms. The third-order valence-electron chi connectivity index (χ3n) is 5.50. The van der Waals surface area contributed by atoms with Crippen LogP contribution in [0.2, 0.25) is 0 Å². The van der Waals surface area contributed by atoms with Crippen molar-refractivity contribution in [2.24, 2.45) is 0 Å². The first-order chi connectivity index (χ1) is 13.2. The van der Waals surface area contributed by atoms with Gasteiger partial charge in [-0.1, -0.05) is 78.6 Å². The first-order valence-corrected chi connectivity index (χ1v) is 11.9. The Morgan fingerprint density at radius 2 is 1.37 bits per heavy atom. The average molecular weight is 383 g/mol. The number of carbonyl (C=O) groups is 1. The van der Waals surface area contributed by atoms with Crippen molar-refractivity contribution in [2.45, 2.75) is 123 Å². The van der Waals surface area contributed by atoms with E-state index in [1.165, 1.54) is 57.8 Å². The number of unbranched alkanes of at least 4 members (excludes halogenated alkanes) is 10. The Kier molecular flexibility index (Phi) is 19.7. The van der Waals surface area contributed by atoms with E-state index in [1.807, 2.05) is 0 Å². The van der Waals surface area contributed by atoms with E-state index in [0.29, 0.717) is 12.8 Å². The molecule has 0 aliphatic carbocycles. The first-order valence-electron chi connectivity index (χ1n) is 11.9. The highest BCUT2D eigenvalue weighted by molar-refractivity contribution is 5.69. The Labute approximate surface area is 170 Å². The molecule has 1 radical (unpaired) electrons. The van der Waals surface area contributed by atoms with Crippen LogP contribution in [-0.4, -0.2) is 36.6 Å².